The van der Waals surface area contributed by atoms with E-state index in [4.69, 9.17) is 0 Å². The summed E-state index contributed by atoms with van der Waals surface area (Å²) in [7, 11) is 1.67. The van der Waals surface area contributed by atoms with Crippen LogP contribution < -0.4 is 5.32 Å². The number of halogens is 2. The molecule has 4 nitrogen and oxygen atoms in total. The molecule has 0 aliphatic carbocycles. The molecule has 0 saturated carbocycles. The van der Waals surface area contributed by atoms with Gasteiger partial charge in [-0.15, -0.1) is 0 Å². The summed E-state index contributed by atoms with van der Waals surface area (Å²) in [5, 5.41) is 32.0. The van der Waals surface area contributed by atoms with Crippen LogP contribution in [0.1, 0.15) is 11.7 Å². The fourth-order valence-corrected chi connectivity index (χ4v) is 2.60. The molecule has 0 heterocycles. The molecule has 0 aliphatic heterocycles. The van der Waals surface area contributed by atoms with Crippen molar-refractivity contribution in [2.75, 3.05) is 13.6 Å². The van der Waals surface area contributed by atoms with Gasteiger partial charge in [-0.1, -0.05) is 15.9 Å². The highest BCUT2D eigenvalue weighted by Crippen LogP contribution is 2.36. The van der Waals surface area contributed by atoms with Gasteiger partial charge in [-0.05, 0) is 35.1 Å². The Bertz CT molecular complexity index is 373. The number of hydrogen-bond acceptors (Lipinski definition) is 4. The highest BCUT2D eigenvalue weighted by Gasteiger charge is 2.22. The molecule has 0 radical (unpaired) electrons. The highest BCUT2D eigenvalue weighted by atomic mass is 79.9. The third-order valence-electron chi connectivity index (χ3n) is 2.15. The summed E-state index contributed by atoms with van der Waals surface area (Å²) in [6.07, 6.45) is -2.11. The van der Waals surface area contributed by atoms with Crippen molar-refractivity contribution in [1.82, 2.24) is 5.32 Å². The zero-order valence-electron chi connectivity index (χ0n) is 8.61. The topological polar surface area (TPSA) is 72.7 Å². The summed E-state index contributed by atoms with van der Waals surface area (Å²) in [4.78, 5) is 0. The van der Waals surface area contributed by atoms with Crippen LogP contribution >= 0.6 is 31.9 Å². The van der Waals surface area contributed by atoms with Gasteiger partial charge < -0.3 is 20.6 Å². The summed E-state index contributed by atoms with van der Waals surface area (Å²) in [6.45, 7) is 0.241. The summed E-state index contributed by atoms with van der Waals surface area (Å²) >= 11 is 6.42. The van der Waals surface area contributed by atoms with E-state index in [2.05, 4.69) is 37.2 Å². The number of phenolic OH excluding ortho intramolecular Hbond substituents is 1. The Labute approximate surface area is 111 Å². The van der Waals surface area contributed by atoms with Crippen LogP contribution in [-0.2, 0) is 0 Å². The summed E-state index contributed by atoms with van der Waals surface area (Å²) < 4.78 is 1.18. The maximum absolute atomic E-state index is 9.86. The molecule has 1 aromatic carbocycles. The van der Waals surface area contributed by atoms with Crippen LogP contribution in [-0.4, -0.2) is 35.0 Å². The molecule has 1 rings (SSSR count). The van der Waals surface area contributed by atoms with E-state index in [0.717, 1.165) is 0 Å². The van der Waals surface area contributed by atoms with Crippen molar-refractivity contribution in [2.45, 2.75) is 12.2 Å². The predicted molar refractivity (Wildman–Crippen MR) is 68.4 cm³/mol. The lowest BCUT2D eigenvalue weighted by atomic mass is 10.0. The fraction of sp³-hybridized carbons (Fsp3) is 0.400. The van der Waals surface area contributed by atoms with Gasteiger partial charge in [-0.3, -0.25) is 0 Å². The molecule has 0 spiro atoms. The van der Waals surface area contributed by atoms with Crippen LogP contribution in [0.4, 0.5) is 0 Å². The lowest BCUT2D eigenvalue weighted by Crippen LogP contribution is -2.29. The minimum atomic E-state index is -1.14. The van der Waals surface area contributed by atoms with Gasteiger partial charge in [0.1, 0.15) is 11.9 Å². The van der Waals surface area contributed by atoms with Gasteiger partial charge in [0, 0.05) is 16.6 Å². The minimum absolute atomic E-state index is 0.0640. The van der Waals surface area contributed by atoms with Crippen LogP contribution in [0.15, 0.2) is 21.1 Å². The standard InChI is InChI=1S/C10H13Br2NO3/c1-13-4-8(14)10(16)6-2-5(11)3-7(12)9(6)15/h2-3,8,10,13-16H,4H2,1H3. The van der Waals surface area contributed by atoms with E-state index < -0.39 is 12.2 Å². The SMILES string of the molecule is CNCC(O)C(O)c1cc(Br)cc(Br)c1O. The molecule has 2 atom stereocenters. The first-order chi connectivity index (χ1) is 7.47. The molecule has 0 aliphatic rings. The number of aliphatic hydroxyl groups is 2. The summed E-state index contributed by atoms with van der Waals surface area (Å²) in [5.41, 5.74) is 0.281. The second kappa shape index (κ2) is 5.97. The maximum atomic E-state index is 9.86. The van der Waals surface area contributed by atoms with Gasteiger partial charge in [-0.25, -0.2) is 0 Å². The molecule has 90 valence electrons. The molecule has 16 heavy (non-hydrogen) atoms. The van der Waals surface area contributed by atoms with Gasteiger partial charge in [0.05, 0.1) is 10.6 Å². The van der Waals surface area contributed by atoms with Gasteiger partial charge in [0.25, 0.3) is 0 Å². The smallest absolute Gasteiger partial charge is 0.135 e. The molecule has 1 aromatic rings. The van der Waals surface area contributed by atoms with Crippen LogP contribution in [0.5, 0.6) is 5.75 Å². The first-order valence-corrected chi connectivity index (χ1v) is 6.24. The third-order valence-corrected chi connectivity index (χ3v) is 3.22. The van der Waals surface area contributed by atoms with Crippen molar-refractivity contribution in [3.05, 3.63) is 26.6 Å². The molecule has 0 saturated heterocycles. The number of phenols is 1. The lowest BCUT2D eigenvalue weighted by molar-refractivity contribution is 0.0188. The van der Waals surface area contributed by atoms with E-state index in [1.54, 1.807) is 19.2 Å². The number of likely N-dealkylation sites (N-methyl/N-ethyl adjacent to an activating group) is 1. The van der Waals surface area contributed by atoms with Crippen molar-refractivity contribution in [3.8, 4) is 5.75 Å². The normalized spacial score (nSPS) is 14.8. The van der Waals surface area contributed by atoms with E-state index in [1.807, 2.05) is 0 Å². The Hall–Kier alpha value is -0.140. The van der Waals surface area contributed by atoms with E-state index >= 15 is 0 Å². The molecule has 0 aromatic heterocycles. The Kier molecular flexibility index (Phi) is 5.20. The van der Waals surface area contributed by atoms with Crippen molar-refractivity contribution in [1.29, 1.82) is 0 Å². The molecular weight excluding hydrogens is 342 g/mol. The Morgan fingerprint density at radius 3 is 2.50 bits per heavy atom. The summed E-state index contributed by atoms with van der Waals surface area (Å²) in [5.74, 6) is -0.0640. The van der Waals surface area contributed by atoms with Gasteiger partial charge in [-0.2, -0.15) is 0 Å². The largest absolute Gasteiger partial charge is 0.506 e. The summed E-state index contributed by atoms with van der Waals surface area (Å²) in [6, 6.07) is 3.24. The quantitative estimate of drug-likeness (QED) is 0.661. The zero-order chi connectivity index (χ0) is 12.3. The average Bonchev–Trinajstić information content (AvgIpc) is 2.22. The number of rotatable bonds is 4. The van der Waals surface area contributed by atoms with Crippen LogP contribution in [0, 0.1) is 0 Å². The van der Waals surface area contributed by atoms with Crippen LogP contribution in [0.3, 0.4) is 0 Å². The van der Waals surface area contributed by atoms with Crippen molar-refractivity contribution >= 4 is 31.9 Å². The second-order valence-electron chi connectivity index (χ2n) is 3.40. The number of aromatic hydroxyl groups is 1. The van der Waals surface area contributed by atoms with Gasteiger partial charge in [0.15, 0.2) is 0 Å². The number of benzene rings is 1. The molecule has 0 amide bonds. The van der Waals surface area contributed by atoms with Crippen LogP contribution in [0.25, 0.3) is 0 Å². The van der Waals surface area contributed by atoms with Crippen molar-refractivity contribution in [3.63, 3.8) is 0 Å². The van der Waals surface area contributed by atoms with Gasteiger partial charge in [0.2, 0.25) is 0 Å². The van der Waals surface area contributed by atoms with E-state index in [0.29, 0.717) is 8.95 Å². The van der Waals surface area contributed by atoms with Gasteiger partial charge >= 0.3 is 0 Å². The predicted octanol–water partition coefficient (Wildman–Crippen LogP) is 1.53. The monoisotopic (exact) mass is 353 g/mol. The molecule has 2 unspecified atom stereocenters. The Morgan fingerprint density at radius 1 is 1.31 bits per heavy atom. The minimum Gasteiger partial charge on any atom is -0.506 e. The Balaban J connectivity index is 3.03. The van der Waals surface area contributed by atoms with Crippen molar-refractivity contribution < 1.29 is 15.3 Å². The molecular formula is C10H13Br2NO3. The molecule has 0 bridgehead atoms. The first-order valence-electron chi connectivity index (χ1n) is 4.66. The number of aliphatic hydroxyl groups excluding tert-OH is 2. The molecule has 6 heteroatoms. The number of hydrogen-bond donors (Lipinski definition) is 4. The number of nitrogens with one attached hydrogen (secondary N) is 1. The zero-order valence-corrected chi connectivity index (χ0v) is 11.8. The molecule has 0 fully saturated rings. The van der Waals surface area contributed by atoms with Crippen molar-refractivity contribution in [2.24, 2.45) is 0 Å². The highest BCUT2D eigenvalue weighted by molar-refractivity contribution is 9.11. The third kappa shape index (κ3) is 3.18. The first kappa shape index (κ1) is 13.9. The second-order valence-corrected chi connectivity index (χ2v) is 5.17. The Morgan fingerprint density at radius 2 is 1.94 bits per heavy atom. The average molecular weight is 355 g/mol. The van der Waals surface area contributed by atoms with E-state index in [9.17, 15) is 15.3 Å². The van der Waals surface area contributed by atoms with Crippen LogP contribution in [0.2, 0.25) is 0 Å². The fourth-order valence-electron chi connectivity index (χ4n) is 1.34. The maximum Gasteiger partial charge on any atom is 0.135 e. The lowest BCUT2D eigenvalue weighted by Gasteiger charge is -2.19. The van der Waals surface area contributed by atoms with E-state index in [1.165, 1.54) is 0 Å². The molecule has 4 N–H and O–H groups in total. The van der Waals surface area contributed by atoms with E-state index in [-0.39, 0.29) is 17.9 Å².